The van der Waals surface area contributed by atoms with Crippen molar-refractivity contribution in [3.8, 4) is 0 Å². The average molecular weight is 334 g/mol. The average Bonchev–Trinajstić information content (AvgIpc) is 3.36. The molecule has 1 atom stereocenters. The highest BCUT2D eigenvalue weighted by atomic mass is 15.2. The number of nitrogens with zero attached hydrogens (tertiary/aromatic N) is 3. The van der Waals surface area contributed by atoms with E-state index >= 15 is 0 Å². The summed E-state index contributed by atoms with van der Waals surface area (Å²) in [7, 11) is 0. The topological polar surface area (TPSA) is 78.5 Å². The molecule has 1 aliphatic rings. The Hall–Kier alpha value is -2.89. The minimum Gasteiger partial charge on any atom is -0.363 e. The molecule has 2 aromatic heterocycles. The van der Waals surface area contributed by atoms with Gasteiger partial charge in [0.15, 0.2) is 5.82 Å². The molecule has 6 heteroatoms. The van der Waals surface area contributed by atoms with E-state index in [4.69, 9.17) is 0 Å². The van der Waals surface area contributed by atoms with Crippen molar-refractivity contribution < 1.29 is 0 Å². The SMILES string of the molecule is Cc1ccc(C(C)Nc2cc(Nc3cc(C4CC4)[nH]n3)ncn2)cc1. The van der Waals surface area contributed by atoms with Gasteiger partial charge in [0.05, 0.1) is 0 Å². The zero-order valence-electron chi connectivity index (χ0n) is 14.5. The van der Waals surface area contributed by atoms with Gasteiger partial charge in [-0.25, -0.2) is 9.97 Å². The van der Waals surface area contributed by atoms with Crippen molar-refractivity contribution in [2.24, 2.45) is 0 Å². The maximum absolute atomic E-state index is 4.32. The molecule has 1 unspecified atom stereocenters. The van der Waals surface area contributed by atoms with Crippen LogP contribution in [0.3, 0.4) is 0 Å². The number of rotatable bonds is 6. The van der Waals surface area contributed by atoms with E-state index in [1.807, 2.05) is 6.07 Å². The monoisotopic (exact) mass is 334 g/mol. The number of nitrogens with one attached hydrogen (secondary N) is 3. The zero-order chi connectivity index (χ0) is 17.2. The Morgan fingerprint density at radius 2 is 1.80 bits per heavy atom. The van der Waals surface area contributed by atoms with Gasteiger partial charge in [-0.3, -0.25) is 5.10 Å². The predicted molar refractivity (Wildman–Crippen MR) is 99.1 cm³/mol. The van der Waals surface area contributed by atoms with Crippen LogP contribution < -0.4 is 10.6 Å². The lowest BCUT2D eigenvalue weighted by Crippen LogP contribution is -2.08. The summed E-state index contributed by atoms with van der Waals surface area (Å²) in [6.07, 6.45) is 4.06. The quantitative estimate of drug-likeness (QED) is 0.626. The fraction of sp³-hybridized carbons (Fsp3) is 0.316. The fourth-order valence-electron chi connectivity index (χ4n) is 2.80. The van der Waals surface area contributed by atoms with Crippen molar-refractivity contribution in [3.05, 3.63) is 59.5 Å². The highest BCUT2D eigenvalue weighted by Gasteiger charge is 2.25. The Labute approximate surface area is 147 Å². The number of aryl methyl sites for hydroxylation is 1. The Kier molecular flexibility index (Phi) is 4.09. The molecule has 128 valence electrons. The number of H-pyrrole nitrogens is 1. The summed E-state index contributed by atoms with van der Waals surface area (Å²) in [4.78, 5) is 8.60. The van der Waals surface area contributed by atoms with Crippen molar-refractivity contribution in [2.45, 2.75) is 38.6 Å². The predicted octanol–water partition coefficient (Wildman–Crippen LogP) is 4.30. The number of benzene rings is 1. The molecule has 1 saturated carbocycles. The third-order valence-corrected chi connectivity index (χ3v) is 4.48. The summed E-state index contributed by atoms with van der Waals surface area (Å²) in [5, 5.41) is 14.0. The molecular formula is C19H22N6. The molecule has 0 saturated heterocycles. The van der Waals surface area contributed by atoms with Crippen LogP contribution in [0.5, 0.6) is 0 Å². The van der Waals surface area contributed by atoms with Crippen LogP contribution in [0.4, 0.5) is 17.5 Å². The lowest BCUT2D eigenvalue weighted by molar-refractivity contribution is 0.871. The van der Waals surface area contributed by atoms with Gasteiger partial charge >= 0.3 is 0 Å². The molecule has 0 bridgehead atoms. The Morgan fingerprint density at radius 1 is 1.04 bits per heavy atom. The summed E-state index contributed by atoms with van der Waals surface area (Å²) in [5.41, 5.74) is 3.68. The standard InChI is InChI=1S/C19H22N6/c1-12-3-5-14(6-4-12)13(2)22-17-10-18(21-11-20-17)23-19-9-16(24-25-19)15-7-8-15/h3-6,9-11,13,15H,7-8H2,1-2H3,(H3,20,21,22,23,24,25). The van der Waals surface area contributed by atoms with Gasteiger partial charge in [-0.05, 0) is 32.3 Å². The lowest BCUT2D eigenvalue weighted by atomic mass is 10.1. The van der Waals surface area contributed by atoms with E-state index in [9.17, 15) is 0 Å². The molecule has 1 fully saturated rings. The van der Waals surface area contributed by atoms with Gasteiger partial charge < -0.3 is 10.6 Å². The summed E-state index contributed by atoms with van der Waals surface area (Å²) in [5.74, 6) is 2.95. The van der Waals surface area contributed by atoms with E-state index in [0.29, 0.717) is 5.92 Å². The summed E-state index contributed by atoms with van der Waals surface area (Å²) in [6.45, 7) is 4.21. The van der Waals surface area contributed by atoms with Gasteiger partial charge in [0.2, 0.25) is 0 Å². The van der Waals surface area contributed by atoms with E-state index < -0.39 is 0 Å². The summed E-state index contributed by atoms with van der Waals surface area (Å²) in [6, 6.07) is 12.6. The van der Waals surface area contributed by atoms with Crippen LogP contribution in [-0.2, 0) is 0 Å². The second-order valence-electron chi connectivity index (χ2n) is 6.67. The van der Waals surface area contributed by atoms with Gasteiger partial charge in [-0.2, -0.15) is 5.10 Å². The van der Waals surface area contributed by atoms with Crippen LogP contribution in [-0.4, -0.2) is 20.2 Å². The van der Waals surface area contributed by atoms with Crippen LogP contribution in [0.15, 0.2) is 42.7 Å². The molecule has 1 aliphatic carbocycles. The smallest absolute Gasteiger partial charge is 0.153 e. The first-order chi connectivity index (χ1) is 12.2. The van der Waals surface area contributed by atoms with Gasteiger partial charge in [0, 0.05) is 29.8 Å². The van der Waals surface area contributed by atoms with E-state index in [-0.39, 0.29) is 6.04 Å². The second-order valence-corrected chi connectivity index (χ2v) is 6.67. The van der Waals surface area contributed by atoms with Crippen molar-refractivity contribution in [2.75, 3.05) is 10.6 Å². The molecule has 3 N–H and O–H groups in total. The lowest BCUT2D eigenvalue weighted by Gasteiger charge is -2.15. The first-order valence-electron chi connectivity index (χ1n) is 8.65. The highest BCUT2D eigenvalue weighted by Crippen LogP contribution is 2.39. The normalized spacial score (nSPS) is 15.0. The van der Waals surface area contributed by atoms with E-state index in [2.05, 4.69) is 75.0 Å². The Morgan fingerprint density at radius 3 is 2.56 bits per heavy atom. The second kappa shape index (κ2) is 6.55. The van der Waals surface area contributed by atoms with E-state index in [0.717, 1.165) is 17.5 Å². The molecular weight excluding hydrogens is 312 g/mol. The maximum Gasteiger partial charge on any atom is 0.153 e. The Balaban J connectivity index is 1.44. The molecule has 0 aliphatic heterocycles. The minimum absolute atomic E-state index is 0.162. The molecule has 6 nitrogen and oxygen atoms in total. The number of anilines is 3. The van der Waals surface area contributed by atoms with Crippen molar-refractivity contribution in [1.82, 2.24) is 20.2 Å². The number of hydrogen-bond donors (Lipinski definition) is 3. The first kappa shape index (κ1) is 15.6. The van der Waals surface area contributed by atoms with Gasteiger partial charge in [-0.15, -0.1) is 0 Å². The van der Waals surface area contributed by atoms with Crippen molar-refractivity contribution >= 4 is 17.5 Å². The number of hydrogen-bond acceptors (Lipinski definition) is 5. The molecule has 4 rings (SSSR count). The first-order valence-corrected chi connectivity index (χ1v) is 8.65. The van der Waals surface area contributed by atoms with Gasteiger partial charge in [-0.1, -0.05) is 29.8 Å². The maximum atomic E-state index is 4.32. The van der Waals surface area contributed by atoms with E-state index in [1.54, 1.807) is 6.33 Å². The van der Waals surface area contributed by atoms with Gasteiger partial charge in [0.25, 0.3) is 0 Å². The molecule has 0 spiro atoms. The fourth-order valence-corrected chi connectivity index (χ4v) is 2.80. The minimum atomic E-state index is 0.162. The van der Waals surface area contributed by atoms with Crippen LogP contribution in [0.25, 0.3) is 0 Å². The highest BCUT2D eigenvalue weighted by molar-refractivity contribution is 5.56. The number of aromatic nitrogens is 4. The third-order valence-electron chi connectivity index (χ3n) is 4.48. The van der Waals surface area contributed by atoms with Crippen molar-refractivity contribution in [3.63, 3.8) is 0 Å². The summed E-state index contributed by atoms with van der Waals surface area (Å²) < 4.78 is 0. The third kappa shape index (κ3) is 3.79. The molecule has 2 heterocycles. The van der Waals surface area contributed by atoms with Gasteiger partial charge in [0.1, 0.15) is 18.0 Å². The van der Waals surface area contributed by atoms with E-state index in [1.165, 1.54) is 29.7 Å². The van der Waals surface area contributed by atoms with Crippen LogP contribution in [0.1, 0.15) is 48.5 Å². The Bertz CT molecular complexity index is 850. The van der Waals surface area contributed by atoms with Crippen molar-refractivity contribution in [1.29, 1.82) is 0 Å². The molecule has 0 radical (unpaired) electrons. The summed E-state index contributed by atoms with van der Waals surface area (Å²) >= 11 is 0. The number of aromatic amines is 1. The molecule has 0 amide bonds. The van der Waals surface area contributed by atoms with Crippen LogP contribution in [0, 0.1) is 6.92 Å². The van der Waals surface area contributed by atoms with Crippen LogP contribution in [0.2, 0.25) is 0 Å². The molecule has 3 aromatic rings. The zero-order valence-corrected chi connectivity index (χ0v) is 14.5. The van der Waals surface area contributed by atoms with Crippen LogP contribution >= 0.6 is 0 Å². The molecule has 25 heavy (non-hydrogen) atoms. The molecule has 1 aromatic carbocycles. The largest absolute Gasteiger partial charge is 0.363 e.